The van der Waals surface area contributed by atoms with E-state index < -0.39 is 12.2 Å². The van der Waals surface area contributed by atoms with Crippen molar-refractivity contribution in [3.8, 4) is 11.1 Å². The normalized spacial score (nSPS) is 16.0. The van der Waals surface area contributed by atoms with Gasteiger partial charge in [0.1, 0.15) is 17.1 Å². The van der Waals surface area contributed by atoms with E-state index in [1.165, 1.54) is 0 Å². The van der Waals surface area contributed by atoms with Gasteiger partial charge in [-0.2, -0.15) is 4.47 Å². The first-order valence-electron chi connectivity index (χ1n) is 15.8. The highest BCUT2D eigenvalue weighted by molar-refractivity contribution is 8.00. The van der Waals surface area contributed by atoms with Gasteiger partial charge in [-0.05, 0) is 68.4 Å². The van der Waals surface area contributed by atoms with Gasteiger partial charge in [0.2, 0.25) is 11.7 Å². The summed E-state index contributed by atoms with van der Waals surface area (Å²) in [7, 11) is 0. The number of likely N-dealkylation sites (tertiary alicyclic amines) is 1. The lowest BCUT2D eigenvalue weighted by atomic mass is 9.87. The van der Waals surface area contributed by atoms with Crippen LogP contribution in [-0.4, -0.2) is 69.7 Å². The summed E-state index contributed by atoms with van der Waals surface area (Å²) in [5.41, 5.74) is 3.67. The van der Waals surface area contributed by atoms with E-state index in [-0.39, 0.29) is 18.2 Å². The molecule has 1 saturated heterocycles. The molecule has 1 aromatic heterocycles. The Balaban J connectivity index is 1.40. The predicted octanol–water partition coefficient (Wildman–Crippen LogP) is 6.66. The molecule has 3 heterocycles. The maximum absolute atomic E-state index is 14.0. The van der Waals surface area contributed by atoms with E-state index in [2.05, 4.69) is 18.1 Å². The Hall–Kier alpha value is -3.74. The monoisotopic (exact) mass is 651 g/mol. The van der Waals surface area contributed by atoms with E-state index in [1.807, 2.05) is 50.2 Å². The molecule has 3 aromatic rings. The van der Waals surface area contributed by atoms with Crippen LogP contribution in [0.1, 0.15) is 68.4 Å². The van der Waals surface area contributed by atoms with Gasteiger partial charge in [-0.25, -0.2) is 0 Å². The van der Waals surface area contributed by atoms with Crippen LogP contribution in [0.5, 0.6) is 0 Å². The lowest BCUT2D eigenvalue weighted by Gasteiger charge is -2.36. The fourth-order valence-electron chi connectivity index (χ4n) is 6.00. The maximum Gasteiger partial charge on any atom is 0.256 e. The summed E-state index contributed by atoms with van der Waals surface area (Å²) in [4.78, 5) is 35.5. The molecule has 0 saturated carbocycles. The molecule has 10 nitrogen and oxygen atoms in total. The second-order valence-electron chi connectivity index (χ2n) is 11.7. The first kappa shape index (κ1) is 33.6. The molecule has 0 aliphatic carbocycles. The zero-order valence-corrected chi connectivity index (χ0v) is 27.7. The van der Waals surface area contributed by atoms with Crippen molar-refractivity contribution in [3.05, 3.63) is 64.9 Å². The molecule has 2 aromatic carbocycles. The zero-order chi connectivity index (χ0) is 32.8. The SMILES string of the molecule is CCCC1=NC2(CCN(C(=O)CCF)CC2)C(=O)N1Cc1ccc(-c2ccccc2SN(O)c2noc(C)c2C)c(COCC)c1. The Morgan fingerprint density at radius 3 is 2.59 bits per heavy atom. The minimum absolute atomic E-state index is 0.0351. The minimum atomic E-state index is -0.877. The fraction of sp³-hybridized carbons (Fsp3) is 0.471. The van der Waals surface area contributed by atoms with Crippen LogP contribution in [-0.2, 0) is 27.5 Å². The molecule has 5 rings (SSSR count). The van der Waals surface area contributed by atoms with Gasteiger partial charge in [0.15, 0.2) is 0 Å². The van der Waals surface area contributed by atoms with E-state index in [4.69, 9.17) is 14.3 Å². The second kappa shape index (κ2) is 14.8. The number of ether oxygens (including phenoxy) is 1. The van der Waals surface area contributed by atoms with Crippen LogP contribution in [0, 0.1) is 13.8 Å². The number of alkyl halides is 1. The van der Waals surface area contributed by atoms with Gasteiger partial charge in [0, 0.05) is 48.5 Å². The Morgan fingerprint density at radius 1 is 1.15 bits per heavy atom. The summed E-state index contributed by atoms with van der Waals surface area (Å²) in [6, 6.07) is 14.0. The average Bonchev–Trinajstić information content (AvgIpc) is 3.51. The highest BCUT2D eigenvalue weighted by Gasteiger charge is 2.49. The van der Waals surface area contributed by atoms with Crippen LogP contribution >= 0.6 is 11.9 Å². The van der Waals surface area contributed by atoms with Crippen molar-refractivity contribution in [2.45, 2.75) is 83.4 Å². The number of piperidine rings is 1. The smallest absolute Gasteiger partial charge is 0.256 e. The first-order chi connectivity index (χ1) is 22.2. The Labute approximate surface area is 273 Å². The van der Waals surface area contributed by atoms with Gasteiger partial charge in [0.05, 0.1) is 26.2 Å². The van der Waals surface area contributed by atoms with Gasteiger partial charge in [-0.3, -0.25) is 29.1 Å². The number of nitrogens with zero attached hydrogens (tertiary/aromatic N) is 5. The van der Waals surface area contributed by atoms with Gasteiger partial charge in [-0.1, -0.05) is 48.5 Å². The molecule has 1 N–H and O–H groups in total. The van der Waals surface area contributed by atoms with Crippen LogP contribution in [0.25, 0.3) is 11.1 Å². The topological polar surface area (TPSA) is 112 Å². The standard InChI is InChI=1S/C34H42FN5O5S/c1-5-9-30-36-34(15-18-38(19-16-34)31(41)14-17-35)33(42)39(30)21-25-12-13-27(26(20-25)22-44-6-2)28-10-7-8-11-29(28)46-40(43)32-23(3)24(4)45-37-32/h7-8,10-13,20,43H,5-6,9,14-19,21-22H2,1-4H3. The Kier molecular flexibility index (Phi) is 10.8. The number of benzene rings is 2. The molecule has 1 fully saturated rings. The van der Waals surface area contributed by atoms with Gasteiger partial charge in [-0.15, -0.1) is 0 Å². The van der Waals surface area contributed by atoms with Crippen LogP contribution in [0.2, 0.25) is 0 Å². The number of rotatable bonds is 13. The van der Waals surface area contributed by atoms with Crippen molar-refractivity contribution in [2.24, 2.45) is 4.99 Å². The lowest BCUT2D eigenvalue weighted by Crippen LogP contribution is -2.51. The molecule has 46 heavy (non-hydrogen) atoms. The number of aromatic nitrogens is 1. The highest BCUT2D eigenvalue weighted by Crippen LogP contribution is 2.39. The molecule has 2 aliphatic rings. The average molecular weight is 652 g/mol. The molecule has 0 radical (unpaired) electrons. The Bertz CT molecular complexity index is 1590. The van der Waals surface area contributed by atoms with E-state index in [9.17, 15) is 19.2 Å². The molecule has 0 atom stereocenters. The molecule has 2 aliphatic heterocycles. The summed E-state index contributed by atoms with van der Waals surface area (Å²) in [6.45, 7) is 9.06. The lowest BCUT2D eigenvalue weighted by molar-refractivity contribution is -0.138. The third-order valence-corrected chi connectivity index (χ3v) is 9.57. The zero-order valence-electron chi connectivity index (χ0n) is 26.9. The van der Waals surface area contributed by atoms with Crippen molar-refractivity contribution in [1.82, 2.24) is 15.0 Å². The Morgan fingerprint density at radius 2 is 1.91 bits per heavy atom. The van der Waals surface area contributed by atoms with Gasteiger partial charge < -0.3 is 14.2 Å². The van der Waals surface area contributed by atoms with Crippen molar-refractivity contribution in [2.75, 3.05) is 30.8 Å². The van der Waals surface area contributed by atoms with E-state index in [1.54, 1.807) is 16.7 Å². The molecule has 12 heteroatoms. The maximum atomic E-state index is 14.0. The third-order valence-electron chi connectivity index (χ3n) is 8.67. The first-order valence-corrected chi connectivity index (χ1v) is 16.6. The number of anilines is 1. The summed E-state index contributed by atoms with van der Waals surface area (Å²) < 4.78 is 24.9. The number of hydrogen-bond acceptors (Lipinski definition) is 9. The number of carbonyl (C=O) groups excluding carboxylic acids is 2. The largest absolute Gasteiger partial charge is 0.377 e. The second-order valence-corrected chi connectivity index (χ2v) is 12.7. The van der Waals surface area contributed by atoms with Gasteiger partial charge in [0.25, 0.3) is 5.91 Å². The number of amides is 2. The summed E-state index contributed by atoms with van der Waals surface area (Å²) in [6.07, 6.45) is 2.27. The van der Waals surface area contributed by atoms with Crippen LogP contribution in [0.15, 0.2) is 56.9 Å². The number of amidine groups is 1. The number of carbonyl (C=O) groups is 2. The van der Waals surface area contributed by atoms with Crippen LogP contribution < -0.4 is 4.47 Å². The molecule has 2 amide bonds. The fourth-order valence-corrected chi connectivity index (χ4v) is 6.86. The number of aryl methyl sites for hydroxylation is 1. The third kappa shape index (κ3) is 6.98. The van der Waals surface area contributed by atoms with E-state index >= 15 is 0 Å². The van der Waals surface area contributed by atoms with Crippen LogP contribution in [0.4, 0.5) is 10.2 Å². The highest BCUT2D eigenvalue weighted by atomic mass is 32.2. The van der Waals surface area contributed by atoms with Crippen molar-refractivity contribution < 1.29 is 28.4 Å². The molecular formula is C34H42FN5O5S. The molecule has 246 valence electrons. The van der Waals surface area contributed by atoms with Gasteiger partial charge >= 0.3 is 0 Å². The summed E-state index contributed by atoms with van der Waals surface area (Å²) in [5, 5.41) is 14.9. The van der Waals surface area contributed by atoms with Crippen molar-refractivity contribution in [3.63, 3.8) is 0 Å². The predicted molar refractivity (Wildman–Crippen MR) is 175 cm³/mol. The van der Waals surface area contributed by atoms with Crippen molar-refractivity contribution >= 4 is 35.4 Å². The quantitative estimate of drug-likeness (QED) is 0.161. The number of hydrogen-bond donors (Lipinski definition) is 1. The molecule has 1 spiro atoms. The number of aliphatic imine (C=N–C) groups is 1. The minimum Gasteiger partial charge on any atom is -0.377 e. The molecular weight excluding hydrogens is 609 g/mol. The van der Waals surface area contributed by atoms with E-state index in [0.29, 0.717) is 63.7 Å². The van der Waals surface area contributed by atoms with Crippen LogP contribution in [0.3, 0.4) is 0 Å². The number of halogens is 1. The van der Waals surface area contributed by atoms with E-state index in [0.717, 1.165) is 61.4 Å². The summed E-state index contributed by atoms with van der Waals surface area (Å²) >= 11 is 1.15. The summed E-state index contributed by atoms with van der Waals surface area (Å²) in [5.74, 6) is 1.51. The molecule has 0 unspecified atom stereocenters. The molecule has 0 bridgehead atoms. The van der Waals surface area contributed by atoms with Crippen molar-refractivity contribution in [1.29, 1.82) is 0 Å².